The minimum atomic E-state index is 0. The van der Waals surface area contributed by atoms with Crippen molar-refractivity contribution in [1.82, 2.24) is 9.88 Å². The number of nitrogens with zero attached hydrogens (tertiary/aromatic N) is 2. The van der Waals surface area contributed by atoms with E-state index < -0.39 is 0 Å². The molecule has 128 valence electrons. The number of carbonyl (C=O) groups is 1. The molecule has 1 aliphatic heterocycles. The van der Waals surface area contributed by atoms with Crippen molar-refractivity contribution in [3.63, 3.8) is 0 Å². The minimum absolute atomic E-state index is 0. The van der Waals surface area contributed by atoms with Gasteiger partial charge in [0.25, 0.3) is 5.91 Å². The first kappa shape index (κ1) is 18.6. The van der Waals surface area contributed by atoms with Crippen LogP contribution in [0.2, 0.25) is 5.02 Å². The maximum absolute atomic E-state index is 12.6. The summed E-state index contributed by atoms with van der Waals surface area (Å²) < 4.78 is 5.59. The van der Waals surface area contributed by atoms with Crippen LogP contribution in [-0.4, -0.2) is 28.9 Å². The number of pyridine rings is 1. The van der Waals surface area contributed by atoms with Crippen LogP contribution in [0.15, 0.2) is 48.8 Å². The van der Waals surface area contributed by atoms with Crippen LogP contribution in [0.25, 0.3) is 0 Å². The van der Waals surface area contributed by atoms with E-state index in [1.165, 1.54) is 0 Å². The van der Waals surface area contributed by atoms with Crippen LogP contribution in [0.3, 0.4) is 0 Å². The summed E-state index contributed by atoms with van der Waals surface area (Å²) in [6.45, 7) is 0.806. The molecule has 2 aromatic rings. The highest BCUT2D eigenvalue weighted by Gasteiger charge is 2.28. The number of halogens is 2. The Hall–Kier alpha value is -1.78. The van der Waals surface area contributed by atoms with E-state index in [9.17, 15) is 4.79 Å². The summed E-state index contributed by atoms with van der Waals surface area (Å²) >= 11 is 5.85. The lowest BCUT2D eigenvalue weighted by atomic mass is 9.96. The second kappa shape index (κ2) is 8.90. The minimum Gasteiger partial charge on any atom is -0.484 e. The van der Waals surface area contributed by atoms with Crippen molar-refractivity contribution in [2.24, 2.45) is 0 Å². The lowest BCUT2D eigenvalue weighted by Crippen LogP contribution is -2.41. The topological polar surface area (TPSA) is 42.4 Å². The predicted molar refractivity (Wildman–Crippen MR) is 96.7 cm³/mol. The third-order valence-corrected chi connectivity index (χ3v) is 4.32. The second-order valence-corrected chi connectivity index (χ2v) is 6.06. The van der Waals surface area contributed by atoms with Crippen LogP contribution < -0.4 is 4.74 Å². The molecule has 24 heavy (non-hydrogen) atoms. The van der Waals surface area contributed by atoms with Crippen molar-refractivity contribution < 1.29 is 9.53 Å². The quantitative estimate of drug-likeness (QED) is 0.810. The highest BCUT2D eigenvalue weighted by atomic mass is 35.5. The first-order valence-corrected chi connectivity index (χ1v) is 8.19. The first-order chi connectivity index (χ1) is 11.2. The van der Waals surface area contributed by atoms with Gasteiger partial charge in [-0.15, -0.1) is 12.4 Å². The average molecular weight is 367 g/mol. The van der Waals surface area contributed by atoms with Gasteiger partial charge in [0.1, 0.15) is 5.75 Å². The van der Waals surface area contributed by atoms with E-state index >= 15 is 0 Å². The fourth-order valence-corrected chi connectivity index (χ4v) is 3.03. The van der Waals surface area contributed by atoms with Crippen LogP contribution in [0, 0.1) is 0 Å². The van der Waals surface area contributed by atoms with Gasteiger partial charge in [0.2, 0.25) is 0 Å². The van der Waals surface area contributed by atoms with Gasteiger partial charge < -0.3 is 9.64 Å². The molecule has 0 saturated carbocycles. The Balaban J connectivity index is 0.00000208. The number of piperidine rings is 1. The van der Waals surface area contributed by atoms with Crippen molar-refractivity contribution in [2.45, 2.75) is 25.3 Å². The lowest BCUT2D eigenvalue weighted by molar-refractivity contribution is -0.137. The highest BCUT2D eigenvalue weighted by molar-refractivity contribution is 6.30. The van der Waals surface area contributed by atoms with Gasteiger partial charge in [-0.3, -0.25) is 9.78 Å². The second-order valence-electron chi connectivity index (χ2n) is 5.63. The Kier molecular flexibility index (Phi) is 6.88. The number of rotatable bonds is 4. The molecule has 0 bridgehead atoms. The van der Waals surface area contributed by atoms with Gasteiger partial charge >= 0.3 is 0 Å². The van der Waals surface area contributed by atoms with Gasteiger partial charge in [-0.2, -0.15) is 0 Å². The van der Waals surface area contributed by atoms with E-state index in [4.69, 9.17) is 16.3 Å². The standard InChI is InChI=1S/C18H19ClN2O2.ClH/c19-15-6-8-16(9-7-15)23-13-18(22)21-11-2-1-5-17(21)14-4-3-10-20-12-14;/h3-4,6-10,12,17H,1-2,5,11,13H2;1H/t17-;/m0./s1. The van der Waals surface area contributed by atoms with E-state index in [0.29, 0.717) is 10.8 Å². The number of likely N-dealkylation sites (tertiary alicyclic amines) is 1. The number of carbonyl (C=O) groups excluding carboxylic acids is 1. The molecular weight excluding hydrogens is 347 g/mol. The summed E-state index contributed by atoms with van der Waals surface area (Å²) in [6, 6.07) is 11.1. The maximum Gasteiger partial charge on any atom is 0.261 e. The molecule has 1 amide bonds. The molecule has 2 heterocycles. The molecule has 0 unspecified atom stereocenters. The van der Waals surface area contributed by atoms with Crippen LogP contribution in [0.1, 0.15) is 30.9 Å². The summed E-state index contributed by atoms with van der Waals surface area (Å²) in [5, 5.41) is 0.649. The third kappa shape index (κ3) is 4.62. The molecule has 0 N–H and O–H groups in total. The summed E-state index contributed by atoms with van der Waals surface area (Å²) in [7, 11) is 0. The molecule has 1 aromatic heterocycles. The number of hydrogen-bond acceptors (Lipinski definition) is 3. The van der Waals surface area contributed by atoms with Crippen LogP contribution in [0.5, 0.6) is 5.75 Å². The van der Waals surface area contributed by atoms with E-state index in [-0.39, 0.29) is 31.0 Å². The van der Waals surface area contributed by atoms with Gasteiger partial charge in [-0.1, -0.05) is 17.7 Å². The smallest absolute Gasteiger partial charge is 0.261 e. The number of amides is 1. The van der Waals surface area contributed by atoms with Crippen molar-refractivity contribution in [3.8, 4) is 5.75 Å². The highest BCUT2D eigenvalue weighted by Crippen LogP contribution is 2.30. The zero-order valence-electron chi connectivity index (χ0n) is 13.2. The Labute approximate surface area is 153 Å². The van der Waals surface area contributed by atoms with Gasteiger partial charge in [0, 0.05) is 24.0 Å². The maximum atomic E-state index is 12.6. The summed E-state index contributed by atoms with van der Waals surface area (Å²) in [4.78, 5) is 18.7. The third-order valence-electron chi connectivity index (χ3n) is 4.07. The number of aromatic nitrogens is 1. The predicted octanol–water partition coefficient (Wildman–Crippen LogP) is 4.29. The number of hydrogen-bond donors (Lipinski definition) is 0. The number of ether oxygens (including phenoxy) is 1. The zero-order valence-corrected chi connectivity index (χ0v) is 14.8. The Bertz CT molecular complexity index is 650. The van der Waals surface area contributed by atoms with E-state index in [1.54, 1.807) is 30.5 Å². The van der Waals surface area contributed by atoms with Crippen molar-refractivity contribution in [2.75, 3.05) is 13.2 Å². The Morgan fingerprint density at radius 3 is 2.75 bits per heavy atom. The molecule has 1 aromatic carbocycles. The fourth-order valence-electron chi connectivity index (χ4n) is 2.91. The Morgan fingerprint density at radius 1 is 1.25 bits per heavy atom. The van der Waals surface area contributed by atoms with E-state index in [2.05, 4.69) is 4.98 Å². The zero-order chi connectivity index (χ0) is 16.1. The largest absolute Gasteiger partial charge is 0.484 e. The molecule has 0 spiro atoms. The summed E-state index contributed by atoms with van der Waals surface area (Å²) in [5.74, 6) is 0.659. The van der Waals surface area contributed by atoms with Crippen molar-refractivity contribution >= 4 is 29.9 Å². The SMILES string of the molecule is Cl.O=C(COc1ccc(Cl)cc1)N1CCCC[C@H]1c1cccnc1. The van der Waals surface area contributed by atoms with Gasteiger partial charge in [-0.25, -0.2) is 0 Å². The van der Waals surface area contributed by atoms with Crippen LogP contribution in [-0.2, 0) is 4.79 Å². The van der Waals surface area contributed by atoms with Crippen molar-refractivity contribution in [1.29, 1.82) is 0 Å². The fraction of sp³-hybridized carbons (Fsp3) is 0.333. The van der Waals surface area contributed by atoms with E-state index in [1.807, 2.05) is 23.2 Å². The molecular formula is C18H20Cl2N2O2. The molecule has 1 fully saturated rings. The average Bonchev–Trinajstić information content (AvgIpc) is 2.62. The summed E-state index contributed by atoms with van der Waals surface area (Å²) in [6.07, 6.45) is 6.72. The normalized spacial score (nSPS) is 17.0. The molecule has 1 aliphatic rings. The Morgan fingerprint density at radius 2 is 2.04 bits per heavy atom. The molecule has 0 radical (unpaired) electrons. The molecule has 1 saturated heterocycles. The van der Waals surface area contributed by atoms with Crippen LogP contribution >= 0.6 is 24.0 Å². The molecule has 6 heteroatoms. The van der Waals surface area contributed by atoms with Crippen molar-refractivity contribution in [3.05, 3.63) is 59.4 Å². The lowest BCUT2D eigenvalue weighted by Gasteiger charge is -2.35. The van der Waals surface area contributed by atoms with Gasteiger partial charge in [-0.05, 0) is 55.2 Å². The van der Waals surface area contributed by atoms with Crippen LogP contribution in [0.4, 0.5) is 0 Å². The molecule has 0 aliphatic carbocycles. The van der Waals surface area contributed by atoms with Gasteiger partial charge in [0.05, 0.1) is 6.04 Å². The molecule has 3 rings (SSSR count). The molecule has 4 nitrogen and oxygen atoms in total. The summed E-state index contributed by atoms with van der Waals surface area (Å²) in [5.41, 5.74) is 1.09. The number of benzene rings is 1. The van der Waals surface area contributed by atoms with Gasteiger partial charge in [0.15, 0.2) is 6.61 Å². The monoisotopic (exact) mass is 366 g/mol. The molecule has 1 atom stereocenters. The first-order valence-electron chi connectivity index (χ1n) is 7.82. The van der Waals surface area contributed by atoms with E-state index in [0.717, 1.165) is 31.4 Å².